The summed E-state index contributed by atoms with van der Waals surface area (Å²) in [6.45, 7) is 1.44. The van der Waals surface area contributed by atoms with E-state index in [0.29, 0.717) is 21.5 Å². The van der Waals surface area contributed by atoms with Crippen molar-refractivity contribution in [1.29, 1.82) is 0 Å². The Labute approximate surface area is 132 Å². The molecule has 0 bridgehead atoms. The predicted molar refractivity (Wildman–Crippen MR) is 83.3 cm³/mol. The summed E-state index contributed by atoms with van der Waals surface area (Å²) in [5, 5.41) is 12.7. The molecule has 0 aliphatic heterocycles. The van der Waals surface area contributed by atoms with Gasteiger partial charge in [0, 0.05) is 16.1 Å². The van der Waals surface area contributed by atoms with Gasteiger partial charge >= 0.3 is 5.97 Å². The molecular weight excluding hydrogens is 304 g/mol. The Balaban J connectivity index is 2.16. The summed E-state index contributed by atoms with van der Waals surface area (Å²) in [6, 6.07) is 4.28. The quantitative estimate of drug-likeness (QED) is 0.911. The molecule has 3 rings (SSSR count). The number of aromatic nitrogens is 1. The van der Waals surface area contributed by atoms with Crippen LogP contribution in [0.2, 0.25) is 5.02 Å². The number of pyridine rings is 1. The average molecular weight is 319 g/mol. The maximum Gasteiger partial charge on any atom is 0.325 e. The Morgan fingerprint density at radius 3 is 2.86 bits per heavy atom. The summed E-state index contributed by atoms with van der Waals surface area (Å²) in [4.78, 5) is 28.2. The number of aryl methyl sites for hydroxylation is 1. The fourth-order valence-corrected chi connectivity index (χ4v) is 3.00. The van der Waals surface area contributed by atoms with Crippen molar-refractivity contribution >= 4 is 34.4 Å². The lowest BCUT2D eigenvalue weighted by atomic mass is 10.00. The number of hydrogen-bond acceptors (Lipinski definition) is 3. The van der Waals surface area contributed by atoms with Crippen LogP contribution in [0.4, 0.5) is 0 Å². The first-order chi connectivity index (χ1) is 10.5. The van der Waals surface area contributed by atoms with Crippen LogP contribution in [0.25, 0.3) is 10.9 Å². The zero-order valence-corrected chi connectivity index (χ0v) is 12.8. The van der Waals surface area contributed by atoms with Gasteiger partial charge in [0.1, 0.15) is 6.04 Å². The lowest BCUT2D eigenvalue weighted by Crippen LogP contribution is -2.38. The Morgan fingerprint density at radius 1 is 1.36 bits per heavy atom. The molecule has 0 spiro atoms. The van der Waals surface area contributed by atoms with Crippen LogP contribution in [0, 0.1) is 0 Å². The van der Waals surface area contributed by atoms with E-state index in [-0.39, 0.29) is 5.91 Å². The number of aliphatic carboxylic acids is 1. The van der Waals surface area contributed by atoms with Gasteiger partial charge in [0.25, 0.3) is 5.91 Å². The maximum atomic E-state index is 12.6. The molecule has 2 N–H and O–H groups in total. The van der Waals surface area contributed by atoms with E-state index in [1.807, 2.05) is 0 Å². The summed E-state index contributed by atoms with van der Waals surface area (Å²) in [7, 11) is 0. The van der Waals surface area contributed by atoms with Gasteiger partial charge in [-0.1, -0.05) is 11.6 Å². The molecule has 0 fully saturated rings. The molecule has 114 valence electrons. The lowest BCUT2D eigenvalue weighted by Gasteiger charge is -2.15. The highest BCUT2D eigenvalue weighted by atomic mass is 35.5. The van der Waals surface area contributed by atoms with E-state index in [1.165, 1.54) is 6.92 Å². The van der Waals surface area contributed by atoms with E-state index in [9.17, 15) is 9.59 Å². The number of carbonyl (C=O) groups excluding carboxylic acids is 1. The van der Waals surface area contributed by atoms with Gasteiger partial charge < -0.3 is 10.4 Å². The predicted octanol–water partition coefficient (Wildman–Crippen LogP) is 2.58. The van der Waals surface area contributed by atoms with Crippen LogP contribution in [0.1, 0.15) is 35.0 Å². The highest BCUT2D eigenvalue weighted by Crippen LogP contribution is 2.31. The number of carboxylic acids is 1. The molecule has 1 atom stereocenters. The van der Waals surface area contributed by atoms with Crippen LogP contribution in [0.15, 0.2) is 18.2 Å². The first-order valence-corrected chi connectivity index (χ1v) is 7.50. The van der Waals surface area contributed by atoms with Gasteiger partial charge in [-0.2, -0.15) is 0 Å². The second-order valence-electron chi connectivity index (χ2n) is 5.46. The van der Waals surface area contributed by atoms with Crippen molar-refractivity contribution < 1.29 is 14.7 Å². The number of fused-ring (bicyclic) bond motifs is 2. The Morgan fingerprint density at radius 2 is 2.14 bits per heavy atom. The molecule has 0 radical (unpaired) electrons. The van der Waals surface area contributed by atoms with Crippen LogP contribution >= 0.6 is 11.6 Å². The Hall–Kier alpha value is -2.14. The van der Waals surface area contributed by atoms with Gasteiger partial charge in [0.05, 0.1) is 11.1 Å². The third kappa shape index (κ3) is 2.52. The lowest BCUT2D eigenvalue weighted by molar-refractivity contribution is -0.138. The van der Waals surface area contributed by atoms with E-state index >= 15 is 0 Å². The fourth-order valence-electron chi connectivity index (χ4n) is 2.82. The Bertz CT molecular complexity index is 789. The smallest absolute Gasteiger partial charge is 0.325 e. The number of carboxylic acid groups (broad SMARTS) is 1. The Kier molecular flexibility index (Phi) is 3.74. The average Bonchev–Trinajstić information content (AvgIpc) is 2.92. The van der Waals surface area contributed by atoms with E-state index in [0.717, 1.165) is 30.5 Å². The van der Waals surface area contributed by atoms with Crippen LogP contribution in [0.3, 0.4) is 0 Å². The van der Waals surface area contributed by atoms with E-state index in [4.69, 9.17) is 16.7 Å². The zero-order valence-electron chi connectivity index (χ0n) is 12.0. The third-order valence-corrected chi connectivity index (χ3v) is 4.15. The zero-order chi connectivity index (χ0) is 15.9. The largest absolute Gasteiger partial charge is 0.480 e. The summed E-state index contributed by atoms with van der Waals surface area (Å²) in [5.41, 5.74) is 3.04. The second kappa shape index (κ2) is 5.57. The monoisotopic (exact) mass is 318 g/mol. The van der Waals surface area contributed by atoms with Gasteiger partial charge in [-0.25, -0.2) is 0 Å². The van der Waals surface area contributed by atoms with Crippen molar-refractivity contribution in [3.05, 3.63) is 40.0 Å². The molecule has 6 heteroatoms. The van der Waals surface area contributed by atoms with Gasteiger partial charge in [-0.15, -0.1) is 0 Å². The van der Waals surface area contributed by atoms with Crippen molar-refractivity contribution in [1.82, 2.24) is 10.3 Å². The maximum absolute atomic E-state index is 12.6. The molecule has 1 amide bonds. The number of hydrogen-bond donors (Lipinski definition) is 2. The second-order valence-corrected chi connectivity index (χ2v) is 5.90. The van der Waals surface area contributed by atoms with Gasteiger partial charge in [0.15, 0.2) is 0 Å². The number of nitrogens with one attached hydrogen (secondary N) is 1. The number of benzene rings is 1. The molecule has 0 saturated carbocycles. The van der Waals surface area contributed by atoms with E-state index in [1.54, 1.807) is 18.2 Å². The van der Waals surface area contributed by atoms with Crippen molar-refractivity contribution in [2.24, 2.45) is 0 Å². The van der Waals surface area contributed by atoms with Crippen LogP contribution in [0.5, 0.6) is 0 Å². The van der Waals surface area contributed by atoms with Crippen LogP contribution < -0.4 is 5.32 Å². The summed E-state index contributed by atoms with van der Waals surface area (Å²) in [6.07, 6.45) is 2.55. The van der Waals surface area contributed by atoms with Crippen molar-refractivity contribution in [3.8, 4) is 0 Å². The van der Waals surface area contributed by atoms with Gasteiger partial charge in [0.2, 0.25) is 0 Å². The standard InChI is InChI=1S/C16H15ClN2O3/c1-8(16(21)22)18-15(20)14-10-3-2-4-12(10)19-13-6-5-9(17)7-11(13)14/h5-8H,2-4H2,1H3,(H,18,20)(H,21,22). The summed E-state index contributed by atoms with van der Waals surface area (Å²) < 4.78 is 0. The molecule has 0 saturated heterocycles. The van der Waals surface area contributed by atoms with Crippen LogP contribution in [-0.4, -0.2) is 28.0 Å². The third-order valence-electron chi connectivity index (χ3n) is 3.92. The number of carbonyl (C=O) groups is 2. The van der Waals surface area contributed by atoms with Crippen molar-refractivity contribution in [3.63, 3.8) is 0 Å². The number of halogens is 1. The minimum atomic E-state index is -1.07. The molecule has 1 unspecified atom stereocenters. The molecule has 1 aromatic heterocycles. The van der Waals surface area contributed by atoms with Crippen molar-refractivity contribution in [2.75, 3.05) is 0 Å². The summed E-state index contributed by atoms with van der Waals surface area (Å²) in [5.74, 6) is -1.45. The molecule has 5 nitrogen and oxygen atoms in total. The van der Waals surface area contributed by atoms with Crippen molar-refractivity contribution in [2.45, 2.75) is 32.2 Å². The topological polar surface area (TPSA) is 79.3 Å². The normalized spacial score (nSPS) is 14.6. The number of rotatable bonds is 3. The minimum absolute atomic E-state index is 0.386. The molecule has 1 heterocycles. The van der Waals surface area contributed by atoms with E-state index < -0.39 is 12.0 Å². The van der Waals surface area contributed by atoms with Gasteiger partial charge in [-0.05, 0) is 49.9 Å². The van der Waals surface area contributed by atoms with Crippen LogP contribution in [-0.2, 0) is 17.6 Å². The SMILES string of the molecule is CC(NC(=O)c1c2c(nc3ccc(Cl)cc13)CCC2)C(=O)O. The number of nitrogens with zero attached hydrogens (tertiary/aromatic N) is 1. The molecule has 1 aliphatic rings. The molecule has 1 aliphatic carbocycles. The molecular formula is C16H15ClN2O3. The first-order valence-electron chi connectivity index (χ1n) is 7.12. The minimum Gasteiger partial charge on any atom is -0.480 e. The number of amides is 1. The molecule has 1 aromatic carbocycles. The highest BCUT2D eigenvalue weighted by Gasteiger charge is 2.25. The molecule has 22 heavy (non-hydrogen) atoms. The van der Waals surface area contributed by atoms with E-state index in [2.05, 4.69) is 10.3 Å². The fraction of sp³-hybridized carbons (Fsp3) is 0.312. The highest BCUT2D eigenvalue weighted by molar-refractivity contribution is 6.31. The summed E-state index contributed by atoms with van der Waals surface area (Å²) >= 11 is 6.05. The van der Waals surface area contributed by atoms with Gasteiger partial charge in [-0.3, -0.25) is 14.6 Å². The first kappa shape index (κ1) is 14.8. The molecule has 2 aromatic rings.